The molecule has 2 aliphatic heterocycles. The van der Waals surface area contributed by atoms with E-state index in [0.29, 0.717) is 0 Å². The molecule has 0 atom stereocenters. The highest BCUT2D eigenvalue weighted by Gasteiger charge is 2.24. The Labute approximate surface area is 185 Å². The Morgan fingerprint density at radius 1 is 0.960 bits per heavy atom. The van der Waals surface area contributed by atoms with E-state index in [4.69, 9.17) is 0 Å². The number of piperazine rings is 1. The lowest BCUT2D eigenvalue weighted by atomic mass is 10.2. The summed E-state index contributed by atoms with van der Waals surface area (Å²) in [5.74, 6) is 0. The van der Waals surface area contributed by atoms with Crippen LogP contribution in [-0.2, 0) is 0 Å². The van der Waals surface area contributed by atoms with Crippen molar-refractivity contribution in [2.45, 2.75) is 6.29 Å². The van der Waals surface area contributed by atoms with Crippen LogP contribution in [0.15, 0.2) is 46.9 Å². The highest BCUT2D eigenvalue weighted by Crippen LogP contribution is 2.23. The Balaban J connectivity index is 0.00000156. The number of rotatable bonds is 3. The molecule has 1 fully saturated rings. The third-order valence-electron chi connectivity index (χ3n) is 4.71. The number of hydrogen-bond acceptors (Lipinski definition) is 5. The van der Waals surface area contributed by atoms with Crippen LogP contribution >= 0.6 is 24.0 Å². The van der Waals surface area contributed by atoms with Crippen LogP contribution in [0.5, 0.6) is 0 Å². The fourth-order valence-corrected chi connectivity index (χ4v) is 2.93. The Morgan fingerprint density at radius 2 is 1.48 bits per heavy atom. The molecule has 3 rings (SSSR count). The van der Waals surface area contributed by atoms with E-state index >= 15 is 0 Å². The maximum absolute atomic E-state index is 4.41. The summed E-state index contributed by atoms with van der Waals surface area (Å²) in [6, 6.07) is 8.41. The fourth-order valence-electron chi connectivity index (χ4n) is 2.93. The van der Waals surface area contributed by atoms with E-state index in [-0.39, 0.29) is 54.2 Å². The maximum atomic E-state index is 4.41. The van der Waals surface area contributed by atoms with Crippen molar-refractivity contribution < 1.29 is 28.5 Å². The van der Waals surface area contributed by atoms with Gasteiger partial charge >= 0.3 is 0 Å². The zero-order valence-corrected chi connectivity index (χ0v) is 19.8. The standard InChI is InChI=1S/C17H27N6.2HI/c1-20-9-10-21(2)17(20)19-18-15-5-7-16(8-6-15)22-11-13-23(3,4)14-12-22;;/h5-10,17H,11-14H2,1-4H3;2*1H/q+1;;/p-1/b19-18+;;. The molecule has 6 nitrogen and oxygen atoms in total. The molecule has 1 aromatic carbocycles. The molecule has 0 aliphatic carbocycles. The number of likely N-dealkylation sites (N-methyl/N-ethyl adjacent to an activating group) is 1. The second-order valence-corrected chi connectivity index (χ2v) is 7.08. The lowest BCUT2D eigenvalue weighted by Gasteiger charge is -2.40. The number of benzene rings is 1. The summed E-state index contributed by atoms with van der Waals surface area (Å²) in [6.45, 7) is 4.60. The van der Waals surface area contributed by atoms with Crippen molar-refractivity contribution in [1.82, 2.24) is 9.80 Å². The summed E-state index contributed by atoms with van der Waals surface area (Å²) in [5.41, 5.74) is 2.18. The molecule has 25 heavy (non-hydrogen) atoms. The largest absolute Gasteiger partial charge is 1.00 e. The highest BCUT2D eigenvalue weighted by atomic mass is 127. The van der Waals surface area contributed by atoms with Crippen molar-refractivity contribution in [2.75, 3.05) is 59.3 Å². The van der Waals surface area contributed by atoms with Gasteiger partial charge in [-0.1, -0.05) is 0 Å². The summed E-state index contributed by atoms with van der Waals surface area (Å²) in [6.07, 6.45) is 3.96. The van der Waals surface area contributed by atoms with Crippen molar-refractivity contribution in [3.8, 4) is 0 Å². The van der Waals surface area contributed by atoms with Gasteiger partial charge in [0.2, 0.25) is 6.29 Å². The van der Waals surface area contributed by atoms with E-state index < -0.39 is 0 Å². The van der Waals surface area contributed by atoms with Crippen LogP contribution in [0.4, 0.5) is 11.4 Å². The molecule has 0 aromatic heterocycles. The first-order chi connectivity index (χ1) is 10.9. The summed E-state index contributed by atoms with van der Waals surface area (Å²) in [7, 11) is 8.60. The molecule has 2 aliphatic rings. The molecule has 0 amide bonds. The average molecular weight is 570 g/mol. The van der Waals surface area contributed by atoms with Crippen LogP contribution in [0.2, 0.25) is 0 Å². The number of quaternary nitrogens is 1. The molecular formula is C17H28I2N6. The van der Waals surface area contributed by atoms with Gasteiger partial charge in [0, 0.05) is 32.2 Å². The Kier molecular flexibility index (Phi) is 8.39. The molecule has 140 valence electrons. The molecule has 0 N–H and O–H groups in total. The topological polar surface area (TPSA) is 34.4 Å². The van der Waals surface area contributed by atoms with E-state index in [1.807, 2.05) is 36.3 Å². The van der Waals surface area contributed by atoms with Crippen LogP contribution in [0, 0.1) is 0 Å². The molecule has 8 heteroatoms. The quantitative estimate of drug-likeness (QED) is 0.290. The summed E-state index contributed by atoms with van der Waals surface area (Å²) < 4.78 is 1.11. The summed E-state index contributed by atoms with van der Waals surface area (Å²) in [4.78, 5) is 6.52. The number of anilines is 1. The van der Waals surface area contributed by atoms with E-state index in [1.54, 1.807) is 0 Å². The minimum atomic E-state index is -0.0447. The van der Waals surface area contributed by atoms with E-state index in [2.05, 4.69) is 53.5 Å². The Hall–Kier alpha value is -0.620. The molecule has 1 saturated heterocycles. The van der Waals surface area contributed by atoms with E-state index in [9.17, 15) is 0 Å². The van der Waals surface area contributed by atoms with Gasteiger partial charge in [0.05, 0.1) is 46.0 Å². The van der Waals surface area contributed by atoms with Crippen LogP contribution in [-0.4, -0.2) is 74.9 Å². The predicted molar refractivity (Wildman–Crippen MR) is 109 cm³/mol. The first kappa shape index (κ1) is 22.4. The molecule has 0 spiro atoms. The minimum absolute atomic E-state index is 0. The molecule has 0 unspecified atom stereocenters. The second kappa shape index (κ2) is 9.36. The van der Waals surface area contributed by atoms with Crippen LogP contribution in [0.3, 0.4) is 0 Å². The van der Waals surface area contributed by atoms with Gasteiger partial charge in [-0.3, -0.25) is 0 Å². The Morgan fingerprint density at radius 3 is 2.00 bits per heavy atom. The monoisotopic (exact) mass is 570 g/mol. The molecule has 0 saturated carbocycles. The predicted octanol–water partition coefficient (Wildman–Crippen LogP) is -0.0793. The Bertz CT molecular complexity index is 580. The van der Waals surface area contributed by atoms with E-state index in [1.165, 1.54) is 18.8 Å². The second-order valence-electron chi connectivity index (χ2n) is 7.08. The third kappa shape index (κ3) is 5.68. The van der Waals surface area contributed by atoms with Crippen molar-refractivity contribution in [3.05, 3.63) is 36.7 Å². The van der Waals surface area contributed by atoms with E-state index in [0.717, 1.165) is 23.3 Å². The van der Waals surface area contributed by atoms with Gasteiger partial charge < -0.3 is 43.2 Å². The van der Waals surface area contributed by atoms with Crippen molar-refractivity contribution in [2.24, 2.45) is 10.2 Å². The fraction of sp³-hybridized carbons (Fsp3) is 0.529. The third-order valence-corrected chi connectivity index (χ3v) is 4.71. The minimum Gasteiger partial charge on any atom is -1.00 e. The first-order valence-electron chi connectivity index (χ1n) is 8.15. The van der Waals surface area contributed by atoms with Crippen molar-refractivity contribution in [3.63, 3.8) is 0 Å². The van der Waals surface area contributed by atoms with Gasteiger partial charge in [-0.2, -0.15) is 5.11 Å². The van der Waals surface area contributed by atoms with Crippen LogP contribution < -0.4 is 28.9 Å². The zero-order valence-electron chi connectivity index (χ0n) is 15.3. The van der Waals surface area contributed by atoms with Crippen molar-refractivity contribution >= 4 is 35.4 Å². The molecule has 2 heterocycles. The van der Waals surface area contributed by atoms with Gasteiger partial charge in [-0.05, 0) is 24.3 Å². The highest BCUT2D eigenvalue weighted by molar-refractivity contribution is 14.0. The maximum Gasteiger partial charge on any atom is 0.217 e. The number of nitrogens with zero attached hydrogens (tertiary/aromatic N) is 6. The van der Waals surface area contributed by atoms with Crippen LogP contribution in [0.25, 0.3) is 0 Å². The number of halogens is 2. The van der Waals surface area contributed by atoms with Crippen molar-refractivity contribution in [1.29, 1.82) is 0 Å². The van der Waals surface area contributed by atoms with Crippen LogP contribution in [0.1, 0.15) is 0 Å². The first-order valence-corrected chi connectivity index (χ1v) is 8.15. The van der Waals surface area contributed by atoms with Gasteiger partial charge in [0.15, 0.2) is 0 Å². The van der Waals surface area contributed by atoms with Gasteiger partial charge in [-0.15, -0.1) is 29.1 Å². The summed E-state index contributed by atoms with van der Waals surface area (Å²) >= 11 is 0. The SMILES string of the molecule is CN1C=CN(C)C1/N=N/c1ccc(N2CC[N+](C)(C)CC2)cc1.I.[I-]. The molecule has 1 aromatic rings. The van der Waals surface area contributed by atoms with Gasteiger partial charge in [0.1, 0.15) is 0 Å². The molecule has 0 radical (unpaired) electrons. The smallest absolute Gasteiger partial charge is 0.217 e. The molecular weight excluding hydrogens is 542 g/mol. The molecule has 0 bridgehead atoms. The lowest BCUT2D eigenvalue weighted by molar-refractivity contribution is -0.890. The number of azo groups is 1. The van der Waals surface area contributed by atoms with Gasteiger partial charge in [0.25, 0.3) is 0 Å². The normalized spacial score (nSPS) is 19.9. The number of hydrogen-bond donors (Lipinski definition) is 0. The lowest BCUT2D eigenvalue weighted by Crippen LogP contribution is -3.00. The summed E-state index contributed by atoms with van der Waals surface area (Å²) in [5, 5.41) is 8.79. The van der Waals surface area contributed by atoms with Gasteiger partial charge in [-0.25, -0.2) is 0 Å². The average Bonchev–Trinajstić information content (AvgIpc) is 2.85. The zero-order chi connectivity index (χ0) is 16.4.